The fourth-order valence-electron chi connectivity index (χ4n) is 2.97. The first-order valence-electron chi connectivity index (χ1n) is 8.60. The Bertz CT molecular complexity index is 546. The van der Waals surface area contributed by atoms with Crippen LogP contribution in [0.3, 0.4) is 0 Å². The first-order valence-corrected chi connectivity index (χ1v) is 9.99. The molecule has 1 saturated heterocycles. The number of rotatable bonds is 8. The minimum atomic E-state index is -0.375. The summed E-state index contributed by atoms with van der Waals surface area (Å²) in [6, 6.07) is 5.71. The lowest BCUT2D eigenvalue weighted by molar-refractivity contribution is -0.133. The topological polar surface area (TPSA) is 76.8 Å². The van der Waals surface area contributed by atoms with Gasteiger partial charge in [0.2, 0.25) is 5.91 Å². The maximum Gasteiger partial charge on any atom is 0.239 e. The first-order chi connectivity index (χ1) is 12.1. The van der Waals surface area contributed by atoms with E-state index >= 15 is 0 Å². The molecule has 0 radical (unpaired) electrons. The second kappa shape index (κ2) is 11.4. The SMILES string of the molecule is COc1cc(NC2CCN(C(=O)[C@@H](N)CCSC)CC2)cc(OC)c1.Cl. The molecule has 0 saturated carbocycles. The Morgan fingerprint density at radius 1 is 1.27 bits per heavy atom. The Morgan fingerprint density at radius 2 is 1.85 bits per heavy atom. The maximum absolute atomic E-state index is 12.4. The second-order valence-electron chi connectivity index (χ2n) is 6.23. The summed E-state index contributed by atoms with van der Waals surface area (Å²) in [7, 11) is 3.28. The van der Waals surface area contributed by atoms with Gasteiger partial charge in [-0.05, 0) is 31.3 Å². The molecular formula is C18H30ClN3O3S. The number of hydrogen-bond acceptors (Lipinski definition) is 6. The van der Waals surface area contributed by atoms with Gasteiger partial charge in [-0.2, -0.15) is 11.8 Å². The van der Waals surface area contributed by atoms with E-state index in [1.54, 1.807) is 26.0 Å². The number of carbonyl (C=O) groups is 1. The third-order valence-electron chi connectivity index (χ3n) is 4.48. The average molecular weight is 404 g/mol. The number of hydrogen-bond donors (Lipinski definition) is 2. The van der Waals surface area contributed by atoms with Crippen LogP contribution in [0.25, 0.3) is 0 Å². The number of carbonyl (C=O) groups excluding carboxylic acids is 1. The van der Waals surface area contributed by atoms with E-state index in [9.17, 15) is 4.79 Å². The number of benzene rings is 1. The van der Waals surface area contributed by atoms with Crippen molar-refractivity contribution in [1.82, 2.24) is 4.90 Å². The highest BCUT2D eigenvalue weighted by molar-refractivity contribution is 7.98. The third-order valence-corrected chi connectivity index (χ3v) is 5.12. The summed E-state index contributed by atoms with van der Waals surface area (Å²) in [6.07, 6.45) is 4.57. The summed E-state index contributed by atoms with van der Waals surface area (Å²) in [4.78, 5) is 14.3. The number of nitrogens with two attached hydrogens (primary N) is 1. The van der Waals surface area contributed by atoms with Gasteiger partial charge in [-0.15, -0.1) is 12.4 Å². The normalized spacial score (nSPS) is 15.8. The zero-order chi connectivity index (χ0) is 18.2. The van der Waals surface area contributed by atoms with Gasteiger partial charge in [0.15, 0.2) is 0 Å². The molecule has 8 heteroatoms. The Kier molecular flexibility index (Phi) is 9.98. The lowest BCUT2D eigenvalue weighted by atomic mass is 10.0. The molecule has 0 bridgehead atoms. The molecule has 1 aliphatic rings. The zero-order valence-electron chi connectivity index (χ0n) is 15.7. The van der Waals surface area contributed by atoms with Crippen LogP contribution in [0.5, 0.6) is 11.5 Å². The van der Waals surface area contributed by atoms with Crippen LogP contribution in [-0.2, 0) is 4.79 Å². The Balaban J connectivity index is 0.00000338. The Morgan fingerprint density at radius 3 is 2.35 bits per heavy atom. The molecule has 1 aromatic carbocycles. The molecule has 0 unspecified atom stereocenters. The quantitative estimate of drug-likeness (QED) is 0.694. The number of anilines is 1. The summed E-state index contributed by atoms with van der Waals surface area (Å²) < 4.78 is 10.6. The van der Waals surface area contributed by atoms with Crippen LogP contribution in [-0.4, -0.2) is 62.2 Å². The number of ether oxygens (including phenoxy) is 2. The molecule has 2 rings (SSSR count). The minimum Gasteiger partial charge on any atom is -0.497 e. The van der Waals surface area contributed by atoms with Crippen LogP contribution in [0.4, 0.5) is 5.69 Å². The number of thioether (sulfide) groups is 1. The van der Waals surface area contributed by atoms with Crippen LogP contribution in [0.1, 0.15) is 19.3 Å². The number of piperidine rings is 1. The summed E-state index contributed by atoms with van der Waals surface area (Å²) in [6.45, 7) is 1.48. The summed E-state index contributed by atoms with van der Waals surface area (Å²) in [5.74, 6) is 2.52. The van der Waals surface area contributed by atoms with Crippen molar-refractivity contribution in [3.05, 3.63) is 18.2 Å². The molecule has 0 spiro atoms. The third kappa shape index (κ3) is 6.45. The van der Waals surface area contributed by atoms with Gasteiger partial charge in [0, 0.05) is 43.0 Å². The highest BCUT2D eigenvalue weighted by Crippen LogP contribution is 2.27. The van der Waals surface area contributed by atoms with Crippen molar-refractivity contribution in [2.45, 2.75) is 31.3 Å². The molecule has 6 nitrogen and oxygen atoms in total. The van der Waals surface area contributed by atoms with E-state index in [0.717, 1.165) is 55.3 Å². The lowest BCUT2D eigenvalue weighted by Crippen LogP contribution is -2.49. The molecule has 1 atom stereocenters. The van der Waals surface area contributed by atoms with Crippen LogP contribution in [0.2, 0.25) is 0 Å². The van der Waals surface area contributed by atoms with Gasteiger partial charge >= 0.3 is 0 Å². The van der Waals surface area contributed by atoms with E-state index in [1.165, 1.54) is 0 Å². The number of amides is 1. The Hall–Kier alpha value is -1.31. The van der Waals surface area contributed by atoms with Crippen molar-refractivity contribution in [3.8, 4) is 11.5 Å². The number of likely N-dealkylation sites (tertiary alicyclic amines) is 1. The van der Waals surface area contributed by atoms with Gasteiger partial charge in [0.05, 0.1) is 20.3 Å². The van der Waals surface area contributed by atoms with Gasteiger partial charge < -0.3 is 25.4 Å². The fourth-order valence-corrected chi connectivity index (χ4v) is 3.46. The number of nitrogens with zero attached hydrogens (tertiary/aromatic N) is 1. The number of methoxy groups -OCH3 is 2. The zero-order valence-corrected chi connectivity index (χ0v) is 17.3. The van der Waals surface area contributed by atoms with Crippen molar-refractivity contribution in [3.63, 3.8) is 0 Å². The second-order valence-corrected chi connectivity index (χ2v) is 7.22. The number of halogens is 1. The predicted octanol–water partition coefficient (Wildman–Crippen LogP) is 2.61. The molecule has 1 amide bonds. The maximum atomic E-state index is 12.4. The van der Waals surface area contributed by atoms with Crippen molar-refractivity contribution < 1.29 is 14.3 Å². The van der Waals surface area contributed by atoms with E-state index in [4.69, 9.17) is 15.2 Å². The minimum absolute atomic E-state index is 0. The molecule has 0 aromatic heterocycles. The molecule has 0 aliphatic carbocycles. The van der Waals surface area contributed by atoms with Gasteiger partial charge in [0.1, 0.15) is 11.5 Å². The van der Waals surface area contributed by atoms with E-state index < -0.39 is 0 Å². The van der Waals surface area contributed by atoms with Crippen LogP contribution in [0, 0.1) is 0 Å². The van der Waals surface area contributed by atoms with Gasteiger partial charge in [0.25, 0.3) is 0 Å². The number of nitrogens with one attached hydrogen (secondary N) is 1. The van der Waals surface area contributed by atoms with E-state index in [-0.39, 0.29) is 24.4 Å². The van der Waals surface area contributed by atoms with Crippen molar-refractivity contribution >= 4 is 35.8 Å². The fraction of sp³-hybridized carbons (Fsp3) is 0.611. The molecule has 1 aromatic rings. The molecule has 26 heavy (non-hydrogen) atoms. The standard InChI is InChI=1S/C18H29N3O3S.ClH/c1-23-15-10-14(11-16(12-15)24-2)20-13-4-7-21(8-5-13)18(22)17(19)6-9-25-3;/h10-13,17,20H,4-9,19H2,1-3H3;1H/t17-;/m0./s1. The van der Waals surface area contributed by atoms with Gasteiger partial charge in [-0.25, -0.2) is 0 Å². The summed E-state index contributed by atoms with van der Waals surface area (Å²) in [5.41, 5.74) is 6.98. The molecule has 1 aliphatic heterocycles. The predicted molar refractivity (Wildman–Crippen MR) is 111 cm³/mol. The van der Waals surface area contributed by atoms with Crippen molar-refractivity contribution in [1.29, 1.82) is 0 Å². The van der Waals surface area contributed by atoms with Crippen LogP contribution >= 0.6 is 24.2 Å². The average Bonchev–Trinajstić information content (AvgIpc) is 2.65. The van der Waals surface area contributed by atoms with Gasteiger partial charge in [-0.1, -0.05) is 0 Å². The monoisotopic (exact) mass is 403 g/mol. The highest BCUT2D eigenvalue weighted by atomic mass is 35.5. The molecule has 1 heterocycles. The summed E-state index contributed by atoms with van der Waals surface area (Å²) in [5, 5.41) is 3.52. The Labute approximate surface area is 166 Å². The van der Waals surface area contributed by atoms with Gasteiger partial charge in [-0.3, -0.25) is 4.79 Å². The molecular weight excluding hydrogens is 374 g/mol. The lowest BCUT2D eigenvalue weighted by Gasteiger charge is -2.34. The van der Waals surface area contributed by atoms with E-state index in [0.29, 0.717) is 6.04 Å². The molecule has 148 valence electrons. The highest BCUT2D eigenvalue weighted by Gasteiger charge is 2.26. The van der Waals surface area contributed by atoms with E-state index in [1.807, 2.05) is 29.4 Å². The van der Waals surface area contributed by atoms with Crippen molar-refractivity contribution in [2.24, 2.45) is 5.73 Å². The first kappa shape index (κ1) is 22.7. The van der Waals surface area contributed by atoms with Crippen LogP contribution < -0.4 is 20.5 Å². The van der Waals surface area contributed by atoms with E-state index in [2.05, 4.69) is 5.32 Å². The largest absolute Gasteiger partial charge is 0.497 e. The molecule has 1 fully saturated rings. The summed E-state index contributed by atoms with van der Waals surface area (Å²) >= 11 is 1.72. The smallest absolute Gasteiger partial charge is 0.239 e. The molecule has 3 N–H and O–H groups in total. The van der Waals surface area contributed by atoms with Crippen LogP contribution in [0.15, 0.2) is 18.2 Å². The van der Waals surface area contributed by atoms with Crippen molar-refractivity contribution in [2.75, 3.05) is 44.6 Å².